The van der Waals surface area contributed by atoms with Gasteiger partial charge in [-0.05, 0) is 0 Å². The second-order valence-corrected chi connectivity index (χ2v) is 0. The van der Waals surface area contributed by atoms with Crippen LogP contribution >= 0.6 is 9.90 Å². The van der Waals surface area contributed by atoms with E-state index in [9.17, 15) is 0 Å². The van der Waals surface area contributed by atoms with Crippen LogP contribution in [0, 0.1) is 0 Å². The molecule has 111 heavy (non-hydrogen) atoms. The first-order valence-electron chi connectivity index (χ1n) is 0. The standard InChI is InChI=1S/H3P.110Y/h1H3;;;;;;;;;;;;;;;;;;;;;;;;;;;;;;;;;;;;;;;;;;;;;;;;;;;;;;;;;;;;;;;;;;;;;;;;;;;;;;;;;;;;;;;;;;;;;;;;;;;;;;;;;;;;;;. The van der Waals surface area contributed by atoms with Crippen molar-refractivity contribution in [3.63, 3.8) is 0 Å². The van der Waals surface area contributed by atoms with Crippen LogP contribution in [0.4, 0.5) is 0 Å². The van der Waals surface area contributed by atoms with Gasteiger partial charge in [0.25, 0.3) is 0 Å². The first-order chi connectivity index (χ1) is 0. The smallest absolute Gasteiger partial charge is 0 e. The van der Waals surface area contributed by atoms with Crippen molar-refractivity contribution < 1.29 is 3600 Å². The quantitative estimate of drug-likeness (QED) is 0.295. The second kappa shape index (κ2) is 832. The minimum absolute atomic E-state index is 0. The molecule has 0 amide bonds. The second-order valence-electron chi connectivity index (χ2n) is 0. The molecule has 111 heteroatoms. The van der Waals surface area contributed by atoms with Crippen molar-refractivity contribution in [1.29, 1.82) is 0 Å². The van der Waals surface area contributed by atoms with Crippen molar-refractivity contribution in [3.05, 3.63) is 0 Å². The number of rotatable bonds is 0. The zero-order valence-corrected chi connectivity index (χ0v) is 378. The maximum atomic E-state index is 0. The minimum atomic E-state index is 0. The van der Waals surface area contributed by atoms with Gasteiger partial charge >= 0.3 is 0 Å². The number of hydrogen-bond acceptors (Lipinski definition) is 0. The summed E-state index contributed by atoms with van der Waals surface area (Å²) in [6, 6.07) is 0. The van der Waals surface area contributed by atoms with Gasteiger partial charge in [0.15, 0.2) is 0 Å². The van der Waals surface area contributed by atoms with Crippen LogP contribution in [0.15, 0.2) is 0 Å². The van der Waals surface area contributed by atoms with Crippen LogP contribution in [0.3, 0.4) is 0 Å². The third-order valence-corrected chi connectivity index (χ3v) is 0. The van der Waals surface area contributed by atoms with Gasteiger partial charge in [-0.15, -0.1) is 0 Å². The molecule has 0 aliphatic carbocycles. The van der Waals surface area contributed by atoms with Crippen molar-refractivity contribution in [2.24, 2.45) is 0 Å². The summed E-state index contributed by atoms with van der Waals surface area (Å²) in [6.07, 6.45) is 0. The average Bonchev–Trinajstić information content (AvgIpc) is 0. The van der Waals surface area contributed by atoms with E-state index in [0.29, 0.717) is 0 Å². The Hall–Kier alpha value is 122. The molecular formula is H3PY110. The van der Waals surface area contributed by atoms with E-state index in [4.69, 9.17) is 0 Å². The molecule has 338 valence electrons. The van der Waals surface area contributed by atoms with Gasteiger partial charge in [-0.3, -0.25) is 0 Å². The van der Waals surface area contributed by atoms with Gasteiger partial charge in [-0.25, -0.2) is 0 Å². The fourth-order valence-electron chi connectivity index (χ4n) is 0. The fourth-order valence-corrected chi connectivity index (χ4v) is 0. The van der Waals surface area contributed by atoms with Gasteiger partial charge in [0, 0.05) is 3600 Å². The van der Waals surface area contributed by atoms with Gasteiger partial charge in [-0.1, -0.05) is 0 Å². The largest absolute Gasteiger partial charge is 0.153 e. The topological polar surface area (TPSA) is 0 Å². The van der Waals surface area contributed by atoms with Gasteiger partial charge < -0.3 is 0 Å². The Morgan fingerprint density at radius 1 is 0.0180 bits per heavy atom. The van der Waals surface area contributed by atoms with E-state index < -0.39 is 0 Å². The Morgan fingerprint density at radius 3 is 0.0180 bits per heavy atom. The summed E-state index contributed by atoms with van der Waals surface area (Å²) in [6.45, 7) is 0. The molecule has 0 rings (SSSR count). The molecular weight excluding hydrogens is 9810 g/mol. The molecule has 0 aromatic carbocycles. The molecule has 0 spiro atoms. The molecule has 0 heterocycles. The maximum absolute atomic E-state index is 0. The normalized spacial score (nSPS) is 0. The number of hydrogen-bond donors (Lipinski definition) is 0. The van der Waals surface area contributed by atoms with E-state index in [2.05, 4.69) is 0 Å². The molecule has 0 aliphatic heterocycles. The Labute approximate surface area is 3460 Å². The van der Waals surface area contributed by atoms with Crippen molar-refractivity contribution in [1.82, 2.24) is 0 Å². The minimum Gasteiger partial charge on any atom is -0.153 e. The van der Waals surface area contributed by atoms with Gasteiger partial charge in [0.1, 0.15) is 0 Å². The molecule has 110 radical (unpaired) electrons. The molecule has 0 N–H and O–H groups in total. The van der Waals surface area contributed by atoms with Crippen LogP contribution in [0.1, 0.15) is 0 Å². The Bertz CT molecular complexity index is 8.23. The van der Waals surface area contributed by atoms with Crippen molar-refractivity contribution >= 4 is 9.90 Å². The molecule has 1 unspecified atom stereocenters. The summed E-state index contributed by atoms with van der Waals surface area (Å²) in [4.78, 5) is 0. The Morgan fingerprint density at radius 2 is 0.0180 bits per heavy atom. The van der Waals surface area contributed by atoms with E-state index in [1.54, 1.807) is 0 Å². The van der Waals surface area contributed by atoms with Crippen LogP contribution in [-0.4, -0.2) is 0 Å². The molecule has 0 saturated heterocycles. The van der Waals surface area contributed by atoms with E-state index in [-0.39, 0.29) is 3610 Å². The summed E-state index contributed by atoms with van der Waals surface area (Å²) in [5.74, 6) is 0. The van der Waals surface area contributed by atoms with Crippen LogP contribution in [-0.2, 0) is 3600 Å². The van der Waals surface area contributed by atoms with Crippen LogP contribution in [0.2, 0.25) is 0 Å². The molecule has 0 nitrogen and oxygen atoms in total. The average molecular weight is 9810 g/mol. The zero-order valence-electron chi connectivity index (χ0n) is 64.2. The summed E-state index contributed by atoms with van der Waals surface area (Å²) >= 11 is 0. The summed E-state index contributed by atoms with van der Waals surface area (Å²) in [7, 11) is 0. The van der Waals surface area contributed by atoms with Crippen molar-refractivity contribution in [2.75, 3.05) is 0 Å². The predicted molar refractivity (Wildman–Crippen MR) is 11.1 cm³/mol. The SMILES string of the molecule is P.[Y].[Y].[Y].[Y].[Y].[Y].[Y].[Y].[Y].[Y].[Y].[Y].[Y].[Y].[Y].[Y].[Y].[Y].[Y].[Y].[Y].[Y].[Y].[Y].[Y].[Y].[Y].[Y].[Y].[Y].[Y].[Y].[Y].[Y].[Y].[Y].[Y].[Y].[Y].[Y].[Y].[Y].[Y].[Y].[Y].[Y].[Y].[Y].[Y].[Y].[Y].[Y].[Y].[Y].[Y].[Y].[Y].[Y].[Y].[Y].[Y].[Y].[Y].[Y].[Y].[Y].[Y].[Y].[Y].[Y].[Y].[Y].[Y].[Y].[Y].[Y].[Y].[Y].[Y].[Y].[Y].[Y].[Y].[Y].[Y].[Y].[Y].[Y].[Y].[Y].[Y].[Y].[Y].[Y].[Y].[Y].[Y].[Y].[Y].[Y].[Y].[Y].[Y].[Y].[Y].[Y].[Y].[Y].[Y].[Y]. The van der Waals surface area contributed by atoms with Gasteiger partial charge in [-0.2, -0.15) is 9.90 Å². The molecule has 0 aromatic heterocycles. The molecule has 0 bridgehead atoms. The molecule has 0 saturated carbocycles. The van der Waals surface area contributed by atoms with Crippen molar-refractivity contribution in [3.8, 4) is 0 Å². The molecule has 0 aliphatic rings. The van der Waals surface area contributed by atoms with Crippen LogP contribution < -0.4 is 0 Å². The first kappa shape index (κ1) is 843. The molecule has 1 atom stereocenters. The predicted octanol–water partition coefficient (Wildman–Crippen LogP) is -0.217. The third-order valence-electron chi connectivity index (χ3n) is 0. The Kier molecular flexibility index (Phi) is 6320. The Balaban J connectivity index is 0. The summed E-state index contributed by atoms with van der Waals surface area (Å²) in [5.41, 5.74) is 0. The molecule has 0 aromatic rings. The monoisotopic (exact) mass is 9810 g/mol. The zero-order chi connectivity index (χ0) is 0. The van der Waals surface area contributed by atoms with Gasteiger partial charge in [0.2, 0.25) is 0 Å². The third kappa shape index (κ3) is 825. The maximum Gasteiger partial charge on any atom is 0 e. The fraction of sp³-hybridized carbons (Fsp3) is 0. The van der Waals surface area contributed by atoms with Crippen molar-refractivity contribution in [2.45, 2.75) is 0 Å². The van der Waals surface area contributed by atoms with Gasteiger partial charge in [0.05, 0.1) is 0 Å². The van der Waals surface area contributed by atoms with Crippen LogP contribution in [0.25, 0.3) is 0 Å². The first-order valence-corrected chi connectivity index (χ1v) is 0. The summed E-state index contributed by atoms with van der Waals surface area (Å²) in [5, 5.41) is 0. The van der Waals surface area contributed by atoms with Crippen LogP contribution in [0.5, 0.6) is 0 Å². The van der Waals surface area contributed by atoms with E-state index >= 15 is 0 Å². The van der Waals surface area contributed by atoms with E-state index in [0.717, 1.165) is 0 Å². The summed E-state index contributed by atoms with van der Waals surface area (Å²) < 4.78 is 0. The van der Waals surface area contributed by atoms with E-state index in [1.165, 1.54) is 0 Å². The molecule has 0 fully saturated rings. The van der Waals surface area contributed by atoms with E-state index in [1.807, 2.05) is 0 Å².